The van der Waals surface area contributed by atoms with Gasteiger partial charge in [0.1, 0.15) is 21.9 Å². The second-order valence-electron chi connectivity index (χ2n) is 6.59. The number of amides is 1. The summed E-state index contributed by atoms with van der Waals surface area (Å²) in [5.41, 5.74) is 2.11. The lowest BCUT2D eigenvalue weighted by atomic mass is 10.1. The number of carbonyl (C=O) groups is 3. The van der Waals surface area contributed by atoms with E-state index in [1.807, 2.05) is 24.3 Å². The Morgan fingerprint density at radius 2 is 1.90 bits per heavy atom. The average molecular weight is 446 g/mol. The molecule has 2 N–H and O–H groups in total. The molecule has 1 saturated heterocycles. The first-order chi connectivity index (χ1) is 14.3. The quantitative estimate of drug-likeness (QED) is 0.463. The van der Waals surface area contributed by atoms with E-state index in [2.05, 4.69) is 6.92 Å². The van der Waals surface area contributed by atoms with Gasteiger partial charge in [-0.15, -0.1) is 0 Å². The molecule has 0 aliphatic carbocycles. The number of aliphatic carboxylic acids is 2. The highest BCUT2D eigenvalue weighted by Crippen LogP contribution is 2.35. The maximum atomic E-state index is 12.8. The van der Waals surface area contributed by atoms with E-state index in [4.69, 9.17) is 21.7 Å². The van der Waals surface area contributed by atoms with Gasteiger partial charge in [-0.1, -0.05) is 55.2 Å². The lowest BCUT2D eigenvalue weighted by Crippen LogP contribution is -2.44. The fourth-order valence-corrected chi connectivity index (χ4v) is 4.33. The molecule has 1 aromatic carbocycles. The van der Waals surface area contributed by atoms with Gasteiger partial charge in [-0.05, 0) is 30.5 Å². The lowest BCUT2D eigenvalue weighted by molar-refractivity contribution is -0.146. The Hall–Kier alpha value is -2.91. The minimum Gasteiger partial charge on any atom is -0.481 e. The molecule has 0 bridgehead atoms. The van der Waals surface area contributed by atoms with Gasteiger partial charge in [0.05, 0.1) is 4.91 Å². The van der Waals surface area contributed by atoms with Crippen molar-refractivity contribution in [2.24, 2.45) is 0 Å². The van der Waals surface area contributed by atoms with Crippen molar-refractivity contribution < 1.29 is 29.0 Å². The maximum Gasteiger partial charge on any atom is 0.326 e. The number of furan rings is 1. The third kappa shape index (κ3) is 4.80. The van der Waals surface area contributed by atoms with Crippen LogP contribution in [0.1, 0.15) is 31.1 Å². The number of rotatable bonds is 8. The number of thiocarbonyl (C=S) groups is 1. The molecule has 1 fully saturated rings. The Morgan fingerprint density at radius 3 is 2.50 bits per heavy atom. The van der Waals surface area contributed by atoms with E-state index in [0.29, 0.717) is 11.5 Å². The summed E-state index contributed by atoms with van der Waals surface area (Å²) in [6, 6.07) is 10.1. The Balaban J connectivity index is 1.80. The number of carboxylic acids is 2. The molecule has 3 rings (SSSR count). The molecular formula is C21H19NO6S2. The van der Waals surface area contributed by atoms with Crippen LogP contribution in [0.5, 0.6) is 0 Å². The highest BCUT2D eigenvalue weighted by atomic mass is 32.2. The summed E-state index contributed by atoms with van der Waals surface area (Å²) in [6.45, 7) is 2.08. The van der Waals surface area contributed by atoms with Gasteiger partial charge in [0.15, 0.2) is 0 Å². The van der Waals surface area contributed by atoms with Gasteiger partial charge >= 0.3 is 11.9 Å². The van der Waals surface area contributed by atoms with Crippen molar-refractivity contribution in [2.45, 2.75) is 32.2 Å². The van der Waals surface area contributed by atoms with Crippen molar-refractivity contribution >= 4 is 52.2 Å². The van der Waals surface area contributed by atoms with E-state index in [9.17, 15) is 19.5 Å². The second-order valence-corrected chi connectivity index (χ2v) is 8.27. The summed E-state index contributed by atoms with van der Waals surface area (Å²) in [7, 11) is 0. The van der Waals surface area contributed by atoms with Crippen LogP contribution in [0.2, 0.25) is 0 Å². The van der Waals surface area contributed by atoms with Crippen LogP contribution in [-0.4, -0.2) is 43.3 Å². The predicted molar refractivity (Wildman–Crippen MR) is 117 cm³/mol. The van der Waals surface area contributed by atoms with E-state index >= 15 is 0 Å². The van der Waals surface area contributed by atoms with E-state index < -0.39 is 23.9 Å². The Morgan fingerprint density at radius 1 is 1.20 bits per heavy atom. The molecule has 30 heavy (non-hydrogen) atoms. The SMILES string of the molecule is CCc1ccc(-c2ccc(/C=C3\SC(=S)N([C@@H](CCC(=O)O)C(=O)O)C3=O)o2)cc1. The Labute approximate surface area is 182 Å². The zero-order valence-electron chi connectivity index (χ0n) is 16.0. The summed E-state index contributed by atoms with van der Waals surface area (Å²) in [6.07, 6.45) is 1.84. The second kappa shape index (κ2) is 9.27. The summed E-state index contributed by atoms with van der Waals surface area (Å²) >= 11 is 6.14. The van der Waals surface area contributed by atoms with Gasteiger partial charge < -0.3 is 14.6 Å². The van der Waals surface area contributed by atoms with Crippen molar-refractivity contribution in [3.05, 3.63) is 52.6 Å². The van der Waals surface area contributed by atoms with Crippen LogP contribution in [-0.2, 0) is 20.8 Å². The molecule has 2 heterocycles. The molecule has 1 amide bonds. The number of nitrogens with zero attached hydrogens (tertiary/aromatic N) is 1. The summed E-state index contributed by atoms with van der Waals surface area (Å²) in [4.78, 5) is 36.3. The minimum atomic E-state index is -1.33. The van der Waals surface area contributed by atoms with Crippen molar-refractivity contribution in [3.63, 3.8) is 0 Å². The molecule has 1 aromatic heterocycles. The number of benzene rings is 1. The minimum absolute atomic E-state index is 0.0750. The van der Waals surface area contributed by atoms with E-state index in [-0.39, 0.29) is 22.1 Å². The largest absolute Gasteiger partial charge is 0.481 e. The van der Waals surface area contributed by atoms with E-state index in [1.165, 1.54) is 11.6 Å². The number of hydrogen-bond donors (Lipinski definition) is 2. The van der Waals surface area contributed by atoms with Crippen molar-refractivity contribution in [2.75, 3.05) is 0 Å². The predicted octanol–water partition coefficient (Wildman–Crippen LogP) is 4.03. The van der Waals surface area contributed by atoms with Gasteiger partial charge in [-0.25, -0.2) is 4.79 Å². The highest BCUT2D eigenvalue weighted by molar-refractivity contribution is 8.26. The highest BCUT2D eigenvalue weighted by Gasteiger charge is 2.40. The zero-order valence-corrected chi connectivity index (χ0v) is 17.7. The Bertz CT molecular complexity index is 1020. The number of aryl methyl sites for hydroxylation is 1. The molecule has 1 aliphatic rings. The molecule has 0 unspecified atom stereocenters. The molecule has 2 aromatic rings. The monoisotopic (exact) mass is 445 g/mol. The molecule has 0 saturated carbocycles. The average Bonchev–Trinajstić information content (AvgIpc) is 3.28. The van der Waals surface area contributed by atoms with Crippen LogP contribution >= 0.6 is 24.0 Å². The molecule has 156 valence electrons. The maximum absolute atomic E-state index is 12.8. The van der Waals surface area contributed by atoms with Crippen LogP contribution in [0.3, 0.4) is 0 Å². The van der Waals surface area contributed by atoms with Gasteiger partial charge in [0, 0.05) is 18.1 Å². The first-order valence-corrected chi connectivity index (χ1v) is 10.4. The smallest absolute Gasteiger partial charge is 0.326 e. The third-order valence-corrected chi connectivity index (χ3v) is 5.93. The van der Waals surface area contributed by atoms with Gasteiger partial charge in [0.2, 0.25) is 0 Å². The number of carbonyl (C=O) groups excluding carboxylic acids is 1. The standard InChI is InChI=1S/C21H19NO6S2/c1-2-12-3-5-13(6-4-12)16-9-7-14(28-16)11-17-19(25)22(21(29)30-17)15(20(26)27)8-10-18(23)24/h3-7,9,11,15H,2,8,10H2,1H3,(H,23,24)(H,26,27)/b17-11-/t15-/m0/s1. The van der Waals surface area contributed by atoms with Crippen LogP contribution in [0.15, 0.2) is 45.7 Å². The molecule has 1 atom stereocenters. The van der Waals surface area contributed by atoms with Gasteiger partial charge in [0.25, 0.3) is 5.91 Å². The Kier molecular flexibility index (Phi) is 6.73. The third-order valence-electron chi connectivity index (χ3n) is 4.60. The first kappa shape index (κ1) is 21.8. The molecular weight excluding hydrogens is 426 g/mol. The number of carboxylic acid groups (broad SMARTS) is 2. The fraction of sp³-hybridized carbons (Fsp3) is 0.238. The summed E-state index contributed by atoms with van der Waals surface area (Å²) < 4.78 is 5.89. The number of hydrogen-bond acceptors (Lipinski definition) is 6. The van der Waals surface area contributed by atoms with E-state index in [0.717, 1.165) is 28.6 Å². The molecule has 0 spiro atoms. The summed E-state index contributed by atoms with van der Waals surface area (Å²) in [5, 5.41) is 18.3. The van der Waals surface area contributed by atoms with Crippen molar-refractivity contribution in [3.8, 4) is 11.3 Å². The first-order valence-electron chi connectivity index (χ1n) is 9.21. The van der Waals surface area contributed by atoms with Crippen LogP contribution in [0.4, 0.5) is 0 Å². The lowest BCUT2D eigenvalue weighted by Gasteiger charge is -2.22. The molecule has 1 aliphatic heterocycles. The zero-order chi connectivity index (χ0) is 21.8. The van der Waals surface area contributed by atoms with Crippen LogP contribution in [0.25, 0.3) is 17.4 Å². The summed E-state index contributed by atoms with van der Waals surface area (Å²) in [5.74, 6) is -1.94. The van der Waals surface area contributed by atoms with Crippen molar-refractivity contribution in [1.29, 1.82) is 0 Å². The van der Waals surface area contributed by atoms with E-state index in [1.54, 1.807) is 12.1 Å². The van der Waals surface area contributed by atoms with Crippen LogP contribution < -0.4 is 0 Å². The van der Waals surface area contributed by atoms with Crippen molar-refractivity contribution in [1.82, 2.24) is 4.90 Å². The molecule has 7 nitrogen and oxygen atoms in total. The molecule has 0 radical (unpaired) electrons. The van der Waals surface area contributed by atoms with Gasteiger partial charge in [-0.3, -0.25) is 14.5 Å². The topological polar surface area (TPSA) is 108 Å². The molecule has 9 heteroatoms. The number of thioether (sulfide) groups is 1. The fourth-order valence-electron chi connectivity index (χ4n) is 2.99. The van der Waals surface area contributed by atoms with Crippen LogP contribution in [0, 0.1) is 0 Å². The normalized spacial score (nSPS) is 16.3. The van der Waals surface area contributed by atoms with Gasteiger partial charge in [-0.2, -0.15) is 0 Å².